The number of rotatable bonds is 16. The molecule has 12 heteroatoms. The van der Waals surface area contributed by atoms with Crippen molar-refractivity contribution in [2.45, 2.75) is 45.4 Å². The molecule has 0 spiro atoms. The first-order valence-electron chi connectivity index (χ1n) is 13.2. The predicted octanol–water partition coefficient (Wildman–Crippen LogP) is 0.641. The van der Waals surface area contributed by atoms with E-state index in [9.17, 15) is 28.8 Å². The lowest BCUT2D eigenvalue weighted by atomic mass is 10.1. The van der Waals surface area contributed by atoms with E-state index in [4.69, 9.17) is 9.47 Å². The minimum Gasteiger partial charge on any atom is -0.379 e. The highest BCUT2D eigenvalue weighted by Crippen LogP contribution is 2.18. The quantitative estimate of drug-likeness (QED) is 0.175. The van der Waals surface area contributed by atoms with Gasteiger partial charge < -0.3 is 20.1 Å². The third-order valence-electron chi connectivity index (χ3n) is 6.46. The highest BCUT2D eigenvalue weighted by atomic mass is 16.5. The van der Waals surface area contributed by atoms with Crippen LogP contribution in [-0.4, -0.2) is 91.3 Å². The van der Waals surface area contributed by atoms with Crippen LogP contribution in [0.3, 0.4) is 0 Å². The van der Waals surface area contributed by atoms with Gasteiger partial charge in [-0.15, -0.1) is 0 Å². The lowest BCUT2D eigenvalue weighted by Gasteiger charge is -2.28. The van der Waals surface area contributed by atoms with Crippen LogP contribution in [0.5, 0.6) is 0 Å². The van der Waals surface area contributed by atoms with Gasteiger partial charge in [0.1, 0.15) is 0 Å². The topological polar surface area (TPSA) is 151 Å². The highest BCUT2D eigenvalue weighted by molar-refractivity contribution is 6.03. The van der Waals surface area contributed by atoms with E-state index < -0.39 is 0 Å². The van der Waals surface area contributed by atoms with Gasteiger partial charge in [0, 0.05) is 56.9 Å². The molecule has 2 saturated heterocycles. The first-order valence-corrected chi connectivity index (χ1v) is 13.2. The third-order valence-corrected chi connectivity index (χ3v) is 6.46. The van der Waals surface area contributed by atoms with Gasteiger partial charge in [0.15, 0.2) is 0 Å². The highest BCUT2D eigenvalue weighted by Gasteiger charge is 2.35. The van der Waals surface area contributed by atoms with Crippen molar-refractivity contribution in [3.8, 4) is 0 Å². The van der Waals surface area contributed by atoms with Crippen LogP contribution in [0.25, 0.3) is 0 Å². The minimum absolute atomic E-state index is 0.0581. The second-order valence-corrected chi connectivity index (χ2v) is 9.50. The second-order valence-electron chi connectivity index (χ2n) is 9.50. The van der Waals surface area contributed by atoms with Gasteiger partial charge in [-0.25, -0.2) is 0 Å². The molecule has 2 fully saturated rings. The maximum atomic E-state index is 12.1. The number of hydrogen-bond donors (Lipinski definition) is 2. The maximum Gasteiger partial charge on any atom is 0.232 e. The van der Waals surface area contributed by atoms with Gasteiger partial charge in [0.05, 0.1) is 32.8 Å². The Labute approximate surface area is 227 Å². The number of benzene rings is 1. The van der Waals surface area contributed by atoms with Gasteiger partial charge in [0.2, 0.25) is 35.4 Å². The Morgan fingerprint density at radius 1 is 0.897 bits per heavy atom. The van der Waals surface area contributed by atoms with Gasteiger partial charge in [-0.1, -0.05) is 19.1 Å². The number of β-lactam (4-membered cyclic amide) rings is 1. The van der Waals surface area contributed by atoms with E-state index in [1.807, 2.05) is 12.1 Å². The molecular formula is C27H36N4O8. The molecule has 0 radical (unpaired) electrons. The van der Waals surface area contributed by atoms with Crippen LogP contribution >= 0.6 is 0 Å². The van der Waals surface area contributed by atoms with Crippen LogP contribution in [0.15, 0.2) is 24.3 Å². The van der Waals surface area contributed by atoms with Crippen molar-refractivity contribution in [3.05, 3.63) is 29.8 Å². The van der Waals surface area contributed by atoms with Crippen molar-refractivity contribution in [1.82, 2.24) is 15.1 Å². The summed E-state index contributed by atoms with van der Waals surface area (Å²) in [5.41, 5.74) is 1.59. The van der Waals surface area contributed by atoms with Gasteiger partial charge in [-0.05, 0) is 24.1 Å². The number of anilines is 1. The molecule has 212 valence electrons. The summed E-state index contributed by atoms with van der Waals surface area (Å²) < 4.78 is 10.8. The van der Waals surface area contributed by atoms with Crippen molar-refractivity contribution >= 4 is 41.1 Å². The summed E-state index contributed by atoms with van der Waals surface area (Å²) in [5, 5.41) is 5.47. The number of likely N-dealkylation sites (tertiary alicyclic amines) is 2. The van der Waals surface area contributed by atoms with Crippen molar-refractivity contribution in [1.29, 1.82) is 0 Å². The van der Waals surface area contributed by atoms with Crippen LogP contribution in [0, 0.1) is 5.92 Å². The zero-order valence-corrected chi connectivity index (χ0v) is 22.2. The summed E-state index contributed by atoms with van der Waals surface area (Å²) in [5.74, 6) is -1.50. The van der Waals surface area contributed by atoms with Gasteiger partial charge in [-0.3, -0.25) is 38.6 Å². The Morgan fingerprint density at radius 2 is 1.62 bits per heavy atom. The lowest BCUT2D eigenvalue weighted by molar-refractivity contribution is -0.152. The molecule has 2 aliphatic heterocycles. The average Bonchev–Trinajstić information content (AvgIpc) is 3.15. The molecule has 2 N–H and O–H groups in total. The number of nitrogens with zero attached hydrogens (tertiary/aromatic N) is 2. The fraction of sp³-hybridized carbons (Fsp3) is 0.556. The molecule has 0 aromatic heterocycles. The molecule has 6 amide bonds. The molecule has 0 aliphatic carbocycles. The molecule has 0 saturated carbocycles. The van der Waals surface area contributed by atoms with Crippen molar-refractivity contribution in [2.75, 3.05) is 51.4 Å². The molecule has 39 heavy (non-hydrogen) atoms. The molecule has 12 nitrogen and oxygen atoms in total. The van der Waals surface area contributed by atoms with Crippen LogP contribution < -0.4 is 10.6 Å². The Hall–Kier alpha value is -3.64. The number of amides is 6. The van der Waals surface area contributed by atoms with Gasteiger partial charge in [-0.2, -0.15) is 0 Å². The van der Waals surface area contributed by atoms with Gasteiger partial charge in [0.25, 0.3) is 0 Å². The number of aryl methyl sites for hydroxylation is 1. The number of imide groups is 2. The van der Waals surface area contributed by atoms with Crippen molar-refractivity contribution in [2.24, 2.45) is 5.92 Å². The Kier molecular flexibility index (Phi) is 11.6. The zero-order chi connectivity index (χ0) is 28.2. The van der Waals surface area contributed by atoms with Crippen LogP contribution in [-0.2, 0) is 44.7 Å². The second kappa shape index (κ2) is 15.1. The molecule has 3 rings (SSSR count). The SMILES string of the molecule is CC1CC(=O)N(CCC(=O)NCCOCCOCCC(=O)Nc2ccc(CCC(=O)N3CCC3=O)cc2)C1=O. The largest absolute Gasteiger partial charge is 0.379 e. The number of ether oxygens (including phenoxy) is 2. The molecule has 2 heterocycles. The van der Waals surface area contributed by atoms with E-state index in [2.05, 4.69) is 10.6 Å². The third kappa shape index (κ3) is 9.56. The fourth-order valence-electron chi connectivity index (χ4n) is 4.08. The molecule has 0 bridgehead atoms. The molecule has 1 atom stereocenters. The molecule has 1 aromatic carbocycles. The van der Waals surface area contributed by atoms with E-state index in [-0.39, 0.29) is 86.8 Å². The standard InChI is InChI=1S/C27H36N4O8/c1-19-18-26(36)31(27(19)37)12-8-22(32)28-11-15-39-17-16-38-14-10-23(33)29-21-5-2-20(3-6-21)4-7-24(34)30-13-9-25(30)35/h2-3,5-6,19H,4,7-18H2,1H3,(H,28,32)(H,29,33). The summed E-state index contributed by atoms with van der Waals surface area (Å²) in [6, 6.07) is 7.22. The van der Waals surface area contributed by atoms with Crippen LogP contribution in [0.1, 0.15) is 44.6 Å². The van der Waals surface area contributed by atoms with Crippen molar-refractivity contribution < 1.29 is 38.2 Å². The lowest BCUT2D eigenvalue weighted by Crippen LogP contribution is -2.47. The number of hydrogen-bond acceptors (Lipinski definition) is 8. The smallest absolute Gasteiger partial charge is 0.232 e. The van der Waals surface area contributed by atoms with Gasteiger partial charge >= 0.3 is 0 Å². The maximum absolute atomic E-state index is 12.1. The normalized spacial score (nSPS) is 16.8. The summed E-state index contributed by atoms with van der Waals surface area (Å²) in [6.07, 6.45) is 1.68. The summed E-state index contributed by atoms with van der Waals surface area (Å²) in [4.78, 5) is 73.2. The summed E-state index contributed by atoms with van der Waals surface area (Å²) in [7, 11) is 0. The Morgan fingerprint density at radius 3 is 2.23 bits per heavy atom. The molecule has 1 aromatic rings. The van der Waals surface area contributed by atoms with E-state index in [1.54, 1.807) is 19.1 Å². The van der Waals surface area contributed by atoms with Crippen LogP contribution in [0.2, 0.25) is 0 Å². The Balaban J connectivity index is 1.15. The Bertz CT molecular complexity index is 1060. The van der Waals surface area contributed by atoms with E-state index in [0.29, 0.717) is 44.8 Å². The number of carbonyl (C=O) groups is 6. The first kappa shape index (κ1) is 29.9. The zero-order valence-electron chi connectivity index (χ0n) is 22.2. The molecular weight excluding hydrogens is 508 g/mol. The predicted molar refractivity (Wildman–Crippen MR) is 139 cm³/mol. The average molecular weight is 545 g/mol. The number of carbonyl (C=O) groups excluding carboxylic acids is 6. The van der Waals surface area contributed by atoms with E-state index >= 15 is 0 Å². The van der Waals surface area contributed by atoms with E-state index in [1.165, 1.54) is 4.90 Å². The fourth-order valence-corrected chi connectivity index (χ4v) is 4.08. The molecule has 2 aliphatic rings. The van der Waals surface area contributed by atoms with E-state index in [0.717, 1.165) is 10.5 Å². The van der Waals surface area contributed by atoms with Crippen LogP contribution in [0.4, 0.5) is 5.69 Å². The summed E-state index contributed by atoms with van der Waals surface area (Å²) in [6.45, 7) is 3.72. The minimum atomic E-state index is -0.316. The summed E-state index contributed by atoms with van der Waals surface area (Å²) >= 11 is 0. The van der Waals surface area contributed by atoms with Crippen molar-refractivity contribution in [3.63, 3.8) is 0 Å². The number of nitrogens with one attached hydrogen (secondary N) is 2. The monoisotopic (exact) mass is 544 g/mol. The molecule has 1 unspecified atom stereocenters. The first-order chi connectivity index (χ1) is 18.7.